The number of hydrogen-bond acceptors (Lipinski definition) is 7. The second-order valence-electron chi connectivity index (χ2n) is 11.5. The fourth-order valence-corrected chi connectivity index (χ4v) is 5.58. The number of anilines is 2. The van der Waals surface area contributed by atoms with Crippen molar-refractivity contribution in [2.45, 2.75) is 64.7 Å². The van der Waals surface area contributed by atoms with E-state index in [0.717, 1.165) is 81.7 Å². The highest BCUT2D eigenvalue weighted by Gasteiger charge is 2.48. The zero-order valence-corrected chi connectivity index (χ0v) is 22.0. The van der Waals surface area contributed by atoms with Crippen molar-refractivity contribution in [1.29, 1.82) is 0 Å². The summed E-state index contributed by atoms with van der Waals surface area (Å²) in [5.41, 5.74) is 9.82. The number of methoxy groups -OCH3 is 1. The van der Waals surface area contributed by atoms with Gasteiger partial charge in [0.05, 0.1) is 19.0 Å². The Kier molecular flexibility index (Phi) is 6.53. The number of nitrogens with two attached hydrogens (primary N) is 1. The Morgan fingerprint density at radius 3 is 2.58 bits per heavy atom. The maximum Gasteiger partial charge on any atom is 0.410 e. The zero-order chi connectivity index (χ0) is 25.5. The van der Waals surface area contributed by atoms with Crippen molar-refractivity contribution >= 4 is 17.5 Å². The molecule has 1 spiro atoms. The monoisotopic (exact) mass is 497 g/mol. The van der Waals surface area contributed by atoms with Crippen LogP contribution in [0.4, 0.5) is 16.2 Å². The lowest BCUT2D eigenvalue weighted by molar-refractivity contribution is -0.0434. The fraction of sp³-hybridized carbons (Fsp3) is 0.630. The number of carbonyl (C=O) groups is 1. The quantitative estimate of drug-likeness (QED) is 0.613. The van der Waals surface area contributed by atoms with E-state index in [1.165, 1.54) is 0 Å². The third-order valence-corrected chi connectivity index (χ3v) is 7.58. The minimum atomic E-state index is -0.468. The Balaban J connectivity index is 1.31. The zero-order valence-electron chi connectivity index (χ0n) is 22.0. The molecule has 3 saturated heterocycles. The molecule has 36 heavy (non-hydrogen) atoms. The number of ether oxygens (including phenoxy) is 3. The summed E-state index contributed by atoms with van der Waals surface area (Å²) in [6.45, 7) is 9.84. The summed E-state index contributed by atoms with van der Waals surface area (Å²) in [7, 11) is 1.65. The molecule has 1 amide bonds. The van der Waals surface area contributed by atoms with Gasteiger partial charge in [-0.25, -0.2) is 9.48 Å². The van der Waals surface area contributed by atoms with Crippen molar-refractivity contribution in [1.82, 2.24) is 14.7 Å². The van der Waals surface area contributed by atoms with Gasteiger partial charge in [0, 0.05) is 67.3 Å². The molecule has 5 rings (SSSR count). The first-order valence-corrected chi connectivity index (χ1v) is 13.0. The van der Waals surface area contributed by atoms with E-state index in [1.807, 2.05) is 48.7 Å². The lowest BCUT2D eigenvalue weighted by atomic mass is 9.72. The number of nitrogen functional groups attached to an aromatic ring is 1. The molecule has 1 aromatic carbocycles. The van der Waals surface area contributed by atoms with Crippen molar-refractivity contribution in [3.63, 3.8) is 0 Å². The lowest BCUT2D eigenvalue weighted by Crippen LogP contribution is -2.62. The van der Waals surface area contributed by atoms with Crippen molar-refractivity contribution in [2.75, 3.05) is 50.5 Å². The van der Waals surface area contributed by atoms with E-state index < -0.39 is 5.60 Å². The number of benzene rings is 1. The normalized spacial score (nSPS) is 21.8. The Morgan fingerprint density at radius 2 is 1.94 bits per heavy atom. The predicted molar refractivity (Wildman–Crippen MR) is 139 cm³/mol. The summed E-state index contributed by atoms with van der Waals surface area (Å²) in [4.78, 5) is 16.7. The molecule has 0 saturated carbocycles. The van der Waals surface area contributed by atoms with Gasteiger partial charge < -0.3 is 29.7 Å². The molecule has 0 aliphatic carbocycles. The van der Waals surface area contributed by atoms with Crippen LogP contribution < -0.4 is 15.4 Å². The number of hydrogen-bond donors (Lipinski definition) is 1. The molecule has 9 heteroatoms. The van der Waals surface area contributed by atoms with Gasteiger partial charge in [-0.3, -0.25) is 0 Å². The Hall–Kier alpha value is -2.94. The number of amides is 1. The van der Waals surface area contributed by atoms with Gasteiger partial charge in [-0.15, -0.1) is 0 Å². The van der Waals surface area contributed by atoms with E-state index in [0.29, 0.717) is 11.4 Å². The Labute approximate surface area is 213 Å². The highest BCUT2D eigenvalue weighted by molar-refractivity contribution is 5.83. The first kappa shape index (κ1) is 24.7. The van der Waals surface area contributed by atoms with Crippen LogP contribution in [0.15, 0.2) is 24.5 Å². The second-order valence-corrected chi connectivity index (χ2v) is 11.5. The van der Waals surface area contributed by atoms with E-state index in [2.05, 4.69) is 16.2 Å². The minimum Gasteiger partial charge on any atom is -0.495 e. The van der Waals surface area contributed by atoms with Gasteiger partial charge in [0.25, 0.3) is 0 Å². The highest BCUT2D eigenvalue weighted by Crippen LogP contribution is 2.45. The summed E-state index contributed by atoms with van der Waals surface area (Å²) in [6.07, 6.45) is 9.04. The summed E-state index contributed by atoms with van der Waals surface area (Å²) in [5, 5.41) is 4.62. The van der Waals surface area contributed by atoms with Crippen molar-refractivity contribution < 1.29 is 19.0 Å². The standard InChI is InChI=1S/C27H39N5O4/c1-26(2,3)36-25(33)31-17-27(18-31)8-10-30(11-9-27)22-14-23(34-4)21(28)13-20(22)19-15-29-32(16-19)24-7-5-6-12-35-24/h13-16,24H,5-12,17-18,28H2,1-4H3. The number of nitrogens with zero attached hydrogens (tertiary/aromatic N) is 4. The van der Waals surface area contributed by atoms with Crippen molar-refractivity contribution in [3.8, 4) is 16.9 Å². The molecule has 0 radical (unpaired) electrons. The molecule has 3 aliphatic heterocycles. The third kappa shape index (κ3) is 4.98. The molecule has 9 nitrogen and oxygen atoms in total. The van der Waals surface area contributed by atoms with Crippen LogP contribution in [0.2, 0.25) is 0 Å². The number of rotatable bonds is 4. The maximum atomic E-state index is 12.4. The molecule has 1 aromatic heterocycles. The van der Waals surface area contributed by atoms with Gasteiger partial charge in [-0.05, 0) is 58.9 Å². The van der Waals surface area contributed by atoms with Gasteiger partial charge >= 0.3 is 6.09 Å². The van der Waals surface area contributed by atoms with Crippen LogP contribution in [0.25, 0.3) is 11.1 Å². The van der Waals surface area contributed by atoms with Crippen molar-refractivity contribution in [3.05, 3.63) is 24.5 Å². The summed E-state index contributed by atoms with van der Waals surface area (Å²) >= 11 is 0. The van der Waals surface area contributed by atoms with Gasteiger partial charge in [-0.1, -0.05) is 0 Å². The predicted octanol–water partition coefficient (Wildman–Crippen LogP) is 4.68. The second kappa shape index (κ2) is 9.50. The highest BCUT2D eigenvalue weighted by atomic mass is 16.6. The average molecular weight is 498 g/mol. The van der Waals surface area contributed by atoms with Crippen LogP contribution in [0.1, 0.15) is 59.1 Å². The average Bonchev–Trinajstić information content (AvgIpc) is 3.32. The topological polar surface area (TPSA) is 95.1 Å². The molecular weight excluding hydrogens is 458 g/mol. The van der Waals surface area contributed by atoms with E-state index in [-0.39, 0.29) is 17.7 Å². The smallest absolute Gasteiger partial charge is 0.410 e. The Morgan fingerprint density at radius 1 is 1.19 bits per heavy atom. The molecule has 1 unspecified atom stereocenters. The van der Waals surface area contributed by atoms with Gasteiger partial charge in [0.1, 0.15) is 17.6 Å². The minimum absolute atomic E-state index is 0.00655. The molecule has 196 valence electrons. The largest absolute Gasteiger partial charge is 0.495 e. The number of piperidine rings is 1. The van der Waals surface area contributed by atoms with Crippen molar-refractivity contribution in [2.24, 2.45) is 5.41 Å². The van der Waals surface area contributed by atoms with Crippen LogP contribution in [0, 0.1) is 5.41 Å². The van der Waals surface area contributed by atoms with Crippen LogP contribution in [-0.2, 0) is 9.47 Å². The lowest BCUT2D eigenvalue weighted by Gasteiger charge is -2.54. The first-order valence-electron chi connectivity index (χ1n) is 13.0. The molecule has 4 heterocycles. The molecule has 0 bridgehead atoms. The molecule has 3 aliphatic rings. The number of aromatic nitrogens is 2. The van der Waals surface area contributed by atoms with Gasteiger partial charge in [0.15, 0.2) is 0 Å². The Bertz CT molecular complexity index is 1090. The summed E-state index contributed by atoms with van der Waals surface area (Å²) < 4.78 is 19.0. The van der Waals surface area contributed by atoms with Crippen LogP contribution in [-0.4, -0.2) is 66.3 Å². The van der Waals surface area contributed by atoms with Crippen LogP contribution >= 0.6 is 0 Å². The number of likely N-dealkylation sites (tertiary alicyclic amines) is 1. The van der Waals surface area contributed by atoms with Gasteiger partial charge in [-0.2, -0.15) is 5.10 Å². The maximum absolute atomic E-state index is 12.4. The molecule has 2 N–H and O–H groups in total. The summed E-state index contributed by atoms with van der Waals surface area (Å²) in [5.74, 6) is 0.678. The summed E-state index contributed by atoms with van der Waals surface area (Å²) in [6, 6.07) is 4.04. The van der Waals surface area contributed by atoms with E-state index in [1.54, 1.807) is 7.11 Å². The van der Waals surface area contributed by atoms with E-state index in [4.69, 9.17) is 19.9 Å². The van der Waals surface area contributed by atoms with Crippen LogP contribution in [0.3, 0.4) is 0 Å². The first-order chi connectivity index (χ1) is 17.2. The molecule has 1 atom stereocenters. The van der Waals surface area contributed by atoms with Crippen LogP contribution in [0.5, 0.6) is 5.75 Å². The fourth-order valence-electron chi connectivity index (χ4n) is 5.58. The van der Waals surface area contributed by atoms with E-state index >= 15 is 0 Å². The van der Waals surface area contributed by atoms with Gasteiger partial charge in [0.2, 0.25) is 0 Å². The molecule has 2 aromatic rings. The third-order valence-electron chi connectivity index (χ3n) is 7.58. The number of carbonyl (C=O) groups excluding carboxylic acids is 1. The molecular formula is C27H39N5O4. The van der Waals surface area contributed by atoms with E-state index in [9.17, 15) is 4.79 Å². The molecule has 3 fully saturated rings. The SMILES string of the molecule is COc1cc(N2CCC3(CC2)CN(C(=O)OC(C)(C)C)C3)c(-c2cnn(C3CCCCO3)c2)cc1N.